The first-order valence-corrected chi connectivity index (χ1v) is 7.44. The Morgan fingerprint density at radius 1 is 1.10 bits per heavy atom. The number of nitrogens with one attached hydrogen (secondary N) is 1. The summed E-state index contributed by atoms with van der Waals surface area (Å²) in [6, 6.07) is 17.3. The first-order chi connectivity index (χ1) is 9.88. The third-order valence-corrected chi connectivity index (χ3v) is 3.81. The molecule has 1 atom stereocenters. The Hall–Kier alpha value is -1.96. The van der Waals surface area contributed by atoms with E-state index in [0.29, 0.717) is 6.04 Å². The highest BCUT2D eigenvalue weighted by atomic mass is 16.5. The van der Waals surface area contributed by atoms with E-state index in [2.05, 4.69) is 54.7 Å². The van der Waals surface area contributed by atoms with Gasteiger partial charge in [-0.25, -0.2) is 0 Å². The maximum Gasteiger partial charge on any atom is 0.124 e. The number of fused-ring (bicyclic) bond motifs is 1. The number of anilines is 1. The molecule has 2 aromatic rings. The summed E-state index contributed by atoms with van der Waals surface area (Å²) in [6.07, 6.45) is 3.27. The predicted octanol–water partition coefficient (Wildman–Crippen LogP) is 4.57. The van der Waals surface area contributed by atoms with Crippen LogP contribution >= 0.6 is 0 Å². The van der Waals surface area contributed by atoms with Gasteiger partial charge in [-0.3, -0.25) is 0 Å². The second-order valence-corrected chi connectivity index (χ2v) is 5.28. The largest absolute Gasteiger partial charge is 0.493 e. The molecule has 1 N–H and O–H groups in total. The molecule has 2 aromatic carbocycles. The minimum Gasteiger partial charge on any atom is -0.493 e. The van der Waals surface area contributed by atoms with Crippen LogP contribution in [0.2, 0.25) is 0 Å². The molecule has 0 amide bonds. The van der Waals surface area contributed by atoms with Crippen molar-refractivity contribution in [3.8, 4) is 5.75 Å². The van der Waals surface area contributed by atoms with Crippen LogP contribution in [0.4, 0.5) is 5.69 Å². The van der Waals surface area contributed by atoms with E-state index in [1.165, 1.54) is 16.8 Å². The van der Waals surface area contributed by atoms with Crippen LogP contribution < -0.4 is 10.1 Å². The second kappa shape index (κ2) is 6.00. The van der Waals surface area contributed by atoms with Crippen molar-refractivity contribution in [3.05, 3.63) is 59.7 Å². The summed E-state index contributed by atoms with van der Waals surface area (Å²) in [6.45, 7) is 2.91. The van der Waals surface area contributed by atoms with Crippen molar-refractivity contribution in [1.29, 1.82) is 0 Å². The second-order valence-electron chi connectivity index (χ2n) is 5.28. The average molecular weight is 267 g/mol. The third-order valence-electron chi connectivity index (χ3n) is 3.81. The molecule has 1 aliphatic rings. The van der Waals surface area contributed by atoms with Gasteiger partial charge in [-0.15, -0.1) is 0 Å². The smallest absolute Gasteiger partial charge is 0.124 e. The van der Waals surface area contributed by atoms with Crippen LogP contribution in [0.15, 0.2) is 48.5 Å². The normalized spacial score (nSPS) is 17.1. The van der Waals surface area contributed by atoms with Crippen molar-refractivity contribution in [2.24, 2.45) is 0 Å². The van der Waals surface area contributed by atoms with Gasteiger partial charge in [-0.1, -0.05) is 43.3 Å². The van der Waals surface area contributed by atoms with E-state index in [9.17, 15) is 0 Å². The molecule has 20 heavy (non-hydrogen) atoms. The number of benzene rings is 2. The summed E-state index contributed by atoms with van der Waals surface area (Å²) in [5, 5.41) is 3.65. The lowest BCUT2D eigenvalue weighted by Crippen LogP contribution is -2.18. The van der Waals surface area contributed by atoms with Crippen LogP contribution in [0.1, 0.15) is 36.9 Å². The van der Waals surface area contributed by atoms with E-state index in [-0.39, 0.29) is 0 Å². The Bertz CT molecular complexity index is 579. The maximum absolute atomic E-state index is 5.89. The molecule has 1 unspecified atom stereocenters. The van der Waals surface area contributed by atoms with E-state index in [1.54, 1.807) is 0 Å². The van der Waals surface area contributed by atoms with Crippen molar-refractivity contribution in [1.82, 2.24) is 0 Å². The van der Waals surface area contributed by atoms with Gasteiger partial charge in [0.25, 0.3) is 0 Å². The molecule has 2 heteroatoms. The highest BCUT2D eigenvalue weighted by Crippen LogP contribution is 2.36. The highest BCUT2D eigenvalue weighted by Gasteiger charge is 2.21. The Morgan fingerprint density at radius 3 is 2.80 bits per heavy atom. The summed E-state index contributed by atoms with van der Waals surface area (Å²) in [5.74, 6) is 1.02. The van der Waals surface area contributed by atoms with Gasteiger partial charge in [0.2, 0.25) is 0 Å². The van der Waals surface area contributed by atoms with Crippen LogP contribution in [-0.2, 0) is 6.42 Å². The van der Waals surface area contributed by atoms with Gasteiger partial charge in [-0.05, 0) is 37.0 Å². The summed E-state index contributed by atoms with van der Waals surface area (Å²) >= 11 is 0. The van der Waals surface area contributed by atoms with Gasteiger partial charge < -0.3 is 10.1 Å². The van der Waals surface area contributed by atoms with Gasteiger partial charge in [0, 0.05) is 11.3 Å². The molecule has 3 rings (SSSR count). The van der Waals surface area contributed by atoms with Crippen molar-refractivity contribution < 1.29 is 4.74 Å². The summed E-state index contributed by atoms with van der Waals surface area (Å²) in [4.78, 5) is 0. The van der Waals surface area contributed by atoms with Crippen LogP contribution in [0.25, 0.3) is 0 Å². The topological polar surface area (TPSA) is 21.3 Å². The van der Waals surface area contributed by atoms with Gasteiger partial charge in [0.15, 0.2) is 0 Å². The SMILES string of the molecule is CCCOc1ccccc1C1CCc2ccccc2N1. The maximum atomic E-state index is 5.89. The van der Waals surface area contributed by atoms with E-state index < -0.39 is 0 Å². The van der Waals surface area contributed by atoms with Crippen LogP contribution in [-0.4, -0.2) is 6.61 Å². The predicted molar refractivity (Wildman–Crippen MR) is 83.4 cm³/mol. The molecule has 0 saturated heterocycles. The van der Waals surface area contributed by atoms with Gasteiger partial charge in [0.05, 0.1) is 12.6 Å². The first-order valence-electron chi connectivity index (χ1n) is 7.44. The zero-order valence-corrected chi connectivity index (χ0v) is 11.9. The van der Waals surface area contributed by atoms with Crippen LogP contribution in [0.5, 0.6) is 5.75 Å². The third kappa shape index (κ3) is 2.64. The van der Waals surface area contributed by atoms with E-state index >= 15 is 0 Å². The fourth-order valence-corrected chi connectivity index (χ4v) is 2.78. The Kier molecular flexibility index (Phi) is 3.91. The molecule has 0 bridgehead atoms. The monoisotopic (exact) mass is 267 g/mol. The number of hydrogen-bond donors (Lipinski definition) is 1. The lowest BCUT2D eigenvalue weighted by Gasteiger charge is -2.28. The molecule has 2 nitrogen and oxygen atoms in total. The standard InChI is InChI=1S/C18H21NO/c1-2-13-20-18-10-6-4-8-15(18)17-12-11-14-7-3-5-9-16(14)19-17/h3-10,17,19H,2,11-13H2,1H3. The van der Waals surface area contributed by atoms with Crippen LogP contribution in [0, 0.1) is 0 Å². The molecule has 0 aromatic heterocycles. The Morgan fingerprint density at radius 2 is 1.90 bits per heavy atom. The first kappa shape index (κ1) is 13.0. The molecule has 0 spiro atoms. The molecule has 1 heterocycles. The average Bonchev–Trinajstić information content (AvgIpc) is 2.53. The number of aryl methyl sites for hydroxylation is 1. The lowest BCUT2D eigenvalue weighted by molar-refractivity contribution is 0.312. The van der Waals surface area contributed by atoms with Gasteiger partial charge >= 0.3 is 0 Å². The van der Waals surface area contributed by atoms with E-state index in [1.807, 2.05) is 6.07 Å². The van der Waals surface area contributed by atoms with Gasteiger partial charge in [0.1, 0.15) is 5.75 Å². The number of para-hydroxylation sites is 2. The molecule has 0 radical (unpaired) electrons. The Labute approximate surface area is 120 Å². The molecule has 0 fully saturated rings. The molecule has 0 saturated carbocycles. The fourth-order valence-electron chi connectivity index (χ4n) is 2.78. The molecule has 104 valence electrons. The van der Waals surface area contributed by atoms with Crippen molar-refractivity contribution in [2.45, 2.75) is 32.2 Å². The molecular formula is C18H21NO. The van der Waals surface area contributed by atoms with Gasteiger partial charge in [-0.2, -0.15) is 0 Å². The zero-order valence-electron chi connectivity index (χ0n) is 11.9. The molecule has 0 aliphatic carbocycles. The summed E-state index contributed by atoms with van der Waals surface area (Å²) < 4.78 is 5.89. The zero-order chi connectivity index (χ0) is 13.8. The summed E-state index contributed by atoms with van der Waals surface area (Å²) in [5.41, 5.74) is 3.94. The minimum atomic E-state index is 0.345. The molecule has 1 aliphatic heterocycles. The van der Waals surface area contributed by atoms with Crippen molar-refractivity contribution in [3.63, 3.8) is 0 Å². The van der Waals surface area contributed by atoms with Crippen molar-refractivity contribution in [2.75, 3.05) is 11.9 Å². The summed E-state index contributed by atoms with van der Waals surface area (Å²) in [7, 11) is 0. The van der Waals surface area contributed by atoms with Crippen molar-refractivity contribution >= 4 is 5.69 Å². The minimum absolute atomic E-state index is 0.345. The van der Waals surface area contributed by atoms with E-state index in [4.69, 9.17) is 4.74 Å². The lowest BCUT2D eigenvalue weighted by atomic mass is 9.93. The number of ether oxygens (including phenoxy) is 1. The number of hydrogen-bond acceptors (Lipinski definition) is 2. The van der Waals surface area contributed by atoms with E-state index in [0.717, 1.165) is 31.6 Å². The van der Waals surface area contributed by atoms with Crippen LogP contribution in [0.3, 0.4) is 0 Å². The number of rotatable bonds is 4. The molecular weight excluding hydrogens is 246 g/mol. The fraction of sp³-hybridized carbons (Fsp3) is 0.333. The highest BCUT2D eigenvalue weighted by molar-refractivity contribution is 5.56. The Balaban J connectivity index is 1.84. The quantitative estimate of drug-likeness (QED) is 0.875.